The van der Waals surface area contributed by atoms with Crippen LogP contribution in [0.3, 0.4) is 0 Å². The summed E-state index contributed by atoms with van der Waals surface area (Å²) in [6.45, 7) is 5.67. The molecule has 0 saturated carbocycles. The minimum atomic E-state index is -0.223. The number of fused-ring (bicyclic) bond motifs is 1. The maximum atomic E-state index is 12.3. The van der Waals surface area contributed by atoms with Crippen molar-refractivity contribution < 1.29 is 4.79 Å². The summed E-state index contributed by atoms with van der Waals surface area (Å²) in [5, 5.41) is 9.90. The van der Waals surface area contributed by atoms with E-state index in [0.29, 0.717) is 16.6 Å². The van der Waals surface area contributed by atoms with E-state index in [-0.39, 0.29) is 5.91 Å². The van der Waals surface area contributed by atoms with Crippen LogP contribution in [0.25, 0.3) is 10.2 Å². The highest BCUT2D eigenvalue weighted by Gasteiger charge is 2.19. The Kier molecular flexibility index (Phi) is 2.94. The molecule has 0 saturated heterocycles. The molecule has 2 N–H and O–H groups in total. The Balaban J connectivity index is 2.06. The second-order valence-electron chi connectivity index (χ2n) is 4.38. The minimum absolute atomic E-state index is 0.223. The number of thiophene rings is 1. The summed E-state index contributed by atoms with van der Waals surface area (Å²) in [5.41, 5.74) is 1.78. The van der Waals surface area contributed by atoms with Crippen LogP contribution in [0.4, 0.5) is 5.95 Å². The molecule has 0 fully saturated rings. The van der Waals surface area contributed by atoms with Crippen molar-refractivity contribution in [1.29, 1.82) is 0 Å². The first-order valence-electron chi connectivity index (χ1n) is 5.97. The van der Waals surface area contributed by atoms with Gasteiger partial charge < -0.3 is 0 Å². The van der Waals surface area contributed by atoms with Gasteiger partial charge in [-0.15, -0.1) is 11.3 Å². The smallest absolute Gasteiger partial charge is 0.268 e. The Labute approximate surface area is 118 Å². The van der Waals surface area contributed by atoms with Gasteiger partial charge in [-0.2, -0.15) is 10.1 Å². The summed E-state index contributed by atoms with van der Waals surface area (Å²) in [5.74, 6) is 0.809. The molecule has 102 valence electrons. The van der Waals surface area contributed by atoms with E-state index >= 15 is 0 Å². The predicted octanol–water partition coefficient (Wildman–Crippen LogP) is 1.99. The number of nitrogens with zero attached hydrogens (tertiary/aromatic N) is 4. The van der Waals surface area contributed by atoms with Crippen molar-refractivity contribution in [3.63, 3.8) is 0 Å². The fourth-order valence-electron chi connectivity index (χ4n) is 2.12. The third-order valence-corrected chi connectivity index (χ3v) is 4.12. The van der Waals surface area contributed by atoms with Gasteiger partial charge in [-0.05, 0) is 26.3 Å². The molecule has 3 aromatic heterocycles. The first-order chi connectivity index (χ1) is 9.56. The summed E-state index contributed by atoms with van der Waals surface area (Å²) in [4.78, 5) is 26.3. The molecule has 0 aliphatic carbocycles. The molecule has 0 aromatic carbocycles. The second kappa shape index (κ2) is 4.64. The molecule has 0 aliphatic heterocycles. The first-order valence-corrected chi connectivity index (χ1v) is 6.79. The fourth-order valence-corrected chi connectivity index (χ4v) is 3.29. The van der Waals surface area contributed by atoms with Gasteiger partial charge in [-0.3, -0.25) is 10.1 Å². The molecule has 3 heterocycles. The van der Waals surface area contributed by atoms with Crippen molar-refractivity contribution in [3.8, 4) is 0 Å². The first kappa shape index (κ1) is 12.7. The van der Waals surface area contributed by atoms with Crippen LogP contribution in [0.15, 0.2) is 6.33 Å². The lowest BCUT2D eigenvalue weighted by Gasteiger charge is -2.00. The van der Waals surface area contributed by atoms with E-state index in [9.17, 15) is 4.79 Å². The highest BCUT2D eigenvalue weighted by atomic mass is 32.1. The molecule has 0 bridgehead atoms. The molecule has 0 spiro atoms. The van der Waals surface area contributed by atoms with Crippen molar-refractivity contribution in [1.82, 2.24) is 25.1 Å². The number of nitrogens with one attached hydrogen (secondary N) is 2. The number of aromatic nitrogens is 5. The van der Waals surface area contributed by atoms with E-state index in [1.165, 1.54) is 17.7 Å². The highest BCUT2D eigenvalue weighted by molar-refractivity contribution is 7.20. The minimum Gasteiger partial charge on any atom is -0.290 e. The number of H-pyrrole nitrogens is 1. The summed E-state index contributed by atoms with van der Waals surface area (Å²) in [6.07, 6.45) is 1.34. The average molecular weight is 288 g/mol. The van der Waals surface area contributed by atoms with Crippen LogP contribution >= 0.6 is 11.3 Å². The van der Waals surface area contributed by atoms with Crippen molar-refractivity contribution in [3.05, 3.63) is 28.3 Å². The molecule has 7 nitrogen and oxygen atoms in total. The lowest BCUT2D eigenvalue weighted by atomic mass is 10.1. The molecule has 8 heteroatoms. The van der Waals surface area contributed by atoms with Gasteiger partial charge in [0.25, 0.3) is 5.91 Å². The van der Waals surface area contributed by atoms with Gasteiger partial charge in [0.15, 0.2) is 0 Å². The second-order valence-corrected chi connectivity index (χ2v) is 5.38. The molecule has 1 amide bonds. The molecule has 3 rings (SSSR count). The van der Waals surface area contributed by atoms with E-state index in [1.807, 2.05) is 20.8 Å². The third-order valence-electron chi connectivity index (χ3n) is 2.94. The van der Waals surface area contributed by atoms with Gasteiger partial charge in [-0.25, -0.2) is 15.1 Å². The largest absolute Gasteiger partial charge is 0.290 e. The molecule has 3 aromatic rings. The molecule has 0 radical (unpaired) electrons. The fraction of sp³-hybridized carbons (Fsp3) is 0.250. The Morgan fingerprint density at radius 2 is 2.10 bits per heavy atom. The Hall–Kier alpha value is -2.35. The number of aryl methyl sites for hydroxylation is 3. The zero-order valence-electron chi connectivity index (χ0n) is 11.2. The normalized spacial score (nSPS) is 10.9. The standard InChI is InChI=1S/C12H12N6OS/c1-5-8-6(2)15-7(3)16-11(8)20-9(5)10(19)17-12-13-4-14-18-12/h4H,1-3H3,(H2,13,14,17,18,19). The van der Waals surface area contributed by atoms with Crippen LogP contribution in [-0.2, 0) is 0 Å². The van der Waals surface area contributed by atoms with Crippen molar-refractivity contribution in [2.45, 2.75) is 20.8 Å². The molecule has 0 aliphatic rings. The molecule has 0 unspecified atom stereocenters. The lowest BCUT2D eigenvalue weighted by Crippen LogP contribution is -2.12. The van der Waals surface area contributed by atoms with E-state index in [0.717, 1.165) is 21.5 Å². The molecular formula is C12H12N6OS. The van der Waals surface area contributed by atoms with Crippen LogP contribution in [-0.4, -0.2) is 31.1 Å². The SMILES string of the molecule is Cc1nc(C)c2c(C)c(C(=O)Nc3ncn[nH]3)sc2n1. The van der Waals surface area contributed by atoms with Gasteiger partial charge in [0.1, 0.15) is 17.0 Å². The van der Waals surface area contributed by atoms with Crippen molar-refractivity contribution >= 4 is 33.4 Å². The van der Waals surface area contributed by atoms with Crippen LogP contribution in [0, 0.1) is 20.8 Å². The zero-order chi connectivity index (χ0) is 14.3. The maximum absolute atomic E-state index is 12.3. The van der Waals surface area contributed by atoms with Crippen molar-refractivity contribution in [2.24, 2.45) is 0 Å². The summed E-state index contributed by atoms with van der Waals surface area (Å²) in [7, 11) is 0. The Morgan fingerprint density at radius 1 is 1.30 bits per heavy atom. The van der Waals surface area contributed by atoms with Gasteiger partial charge in [0, 0.05) is 11.1 Å². The van der Waals surface area contributed by atoms with E-state index in [2.05, 4.69) is 30.5 Å². The van der Waals surface area contributed by atoms with Gasteiger partial charge in [0.2, 0.25) is 5.95 Å². The topological polar surface area (TPSA) is 96.5 Å². The zero-order valence-corrected chi connectivity index (χ0v) is 12.0. The number of hydrogen-bond donors (Lipinski definition) is 2. The number of amides is 1. The molecular weight excluding hydrogens is 276 g/mol. The quantitative estimate of drug-likeness (QED) is 0.751. The third kappa shape index (κ3) is 2.03. The monoisotopic (exact) mass is 288 g/mol. The Bertz CT molecular complexity index is 792. The number of rotatable bonds is 2. The van der Waals surface area contributed by atoms with Crippen LogP contribution in [0.2, 0.25) is 0 Å². The number of hydrogen-bond acceptors (Lipinski definition) is 6. The van der Waals surface area contributed by atoms with Gasteiger partial charge in [-0.1, -0.05) is 0 Å². The van der Waals surface area contributed by atoms with Gasteiger partial charge in [0.05, 0.1) is 4.88 Å². The highest BCUT2D eigenvalue weighted by Crippen LogP contribution is 2.31. The number of anilines is 1. The number of aromatic amines is 1. The maximum Gasteiger partial charge on any atom is 0.268 e. The molecule has 0 atom stereocenters. The summed E-state index contributed by atoms with van der Waals surface area (Å²) >= 11 is 1.36. The predicted molar refractivity (Wildman–Crippen MR) is 76.0 cm³/mol. The van der Waals surface area contributed by atoms with Crippen LogP contribution in [0.5, 0.6) is 0 Å². The average Bonchev–Trinajstić information content (AvgIpc) is 2.97. The summed E-state index contributed by atoms with van der Waals surface area (Å²) < 4.78 is 0. The lowest BCUT2D eigenvalue weighted by molar-refractivity contribution is 0.102. The van der Waals surface area contributed by atoms with Crippen LogP contribution < -0.4 is 5.32 Å². The van der Waals surface area contributed by atoms with E-state index in [4.69, 9.17) is 0 Å². The van der Waals surface area contributed by atoms with Crippen molar-refractivity contribution in [2.75, 3.05) is 5.32 Å². The van der Waals surface area contributed by atoms with Gasteiger partial charge >= 0.3 is 0 Å². The molecule has 20 heavy (non-hydrogen) atoms. The number of carbonyl (C=O) groups is 1. The van der Waals surface area contributed by atoms with Crippen LogP contribution in [0.1, 0.15) is 26.8 Å². The van der Waals surface area contributed by atoms with E-state index < -0.39 is 0 Å². The number of carbonyl (C=O) groups excluding carboxylic acids is 1. The summed E-state index contributed by atoms with van der Waals surface area (Å²) in [6, 6.07) is 0. The van der Waals surface area contributed by atoms with E-state index in [1.54, 1.807) is 0 Å². The Morgan fingerprint density at radius 3 is 2.80 bits per heavy atom.